The van der Waals surface area contributed by atoms with Gasteiger partial charge in [0.2, 0.25) is 0 Å². The second-order valence-corrected chi connectivity index (χ2v) is 5.58. The number of fused-ring (bicyclic) bond motifs is 1. The van der Waals surface area contributed by atoms with Gasteiger partial charge in [0.15, 0.2) is 0 Å². The molecule has 0 amide bonds. The molecular weight excluding hydrogens is 200 g/mol. The predicted molar refractivity (Wildman–Crippen MR) is 63.1 cm³/mol. The highest BCUT2D eigenvalue weighted by molar-refractivity contribution is 5.07. The first-order valence-corrected chi connectivity index (χ1v) is 6.14. The Labute approximate surface area is 96.6 Å². The molecule has 2 aliphatic rings. The Morgan fingerprint density at radius 3 is 2.81 bits per heavy atom. The van der Waals surface area contributed by atoms with Crippen molar-refractivity contribution in [1.82, 2.24) is 20.0 Å². The van der Waals surface area contributed by atoms with Gasteiger partial charge in [-0.1, -0.05) is 0 Å². The van der Waals surface area contributed by atoms with Crippen LogP contribution in [0, 0.1) is 5.41 Å². The lowest BCUT2D eigenvalue weighted by molar-refractivity contribution is 0.0651. The van der Waals surface area contributed by atoms with Crippen LogP contribution in [0.15, 0.2) is 12.3 Å². The lowest BCUT2D eigenvalue weighted by Crippen LogP contribution is -2.60. The molecule has 0 aromatic carbocycles. The summed E-state index contributed by atoms with van der Waals surface area (Å²) >= 11 is 0. The standard InChI is InChI=1S/C12H20N4/c1-10(2)15-5-11-3-4-14-16(11)9-12(8-15)6-13-7-12/h3-4,10,13H,5-9H2,1-2H3. The minimum atomic E-state index is 0.418. The average Bonchev–Trinajstić information content (AvgIpc) is 2.53. The highest BCUT2D eigenvalue weighted by Crippen LogP contribution is 2.31. The van der Waals surface area contributed by atoms with E-state index in [1.807, 2.05) is 6.20 Å². The Morgan fingerprint density at radius 2 is 2.19 bits per heavy atom. The van der Waals surface area contributed by atoms with Crippen molar-refractivity contribution >= 4 is 0 Å². The molecule has 2 aliphatic heterocycles. The summed E-state index contributed by atoms with van der Waals surface area (Å²) in [6.45, 7) is 10.1. The van der Waals surface area contributed by atoms with Crippen LogP contribution >= 0.6 is 0 Å². The molecule has 1 aromatic rings. The quantitative estimate of drug-likeness (QED) is 0.756. The Hall–Kier alpha value is -0.870. The molecule has 1 aromatic heterocycles. The van der Waals surface area contributed by atoms with E-state index in [2.05, 4.69) is 39.9 Å². The van der Waals surface area contributed by atoms with E-state index in [-0.39, 0.29) is 0 Å². The molecule has 88 valence electrons. The molecule has 1 spiro atoms. The van der Waals surface area contributed by atoms with Crippen molar-refractivity contribution in [3.05, 3.63) is 18.0 Å². The lowest BCUT2D eigenvalue weighted by atomic mass is 9.81. The van der Waals surface area contributed by atoms with Crippen LogP contribution in [0.1, 0.15) is 19.5 Å². The van der Waals surface area contributed by atoms with Gasteiger partial charge in [-0.3, -0.25) is 9.58 Å². The van der Waals surface area contributed by atoms with Gasteiger partial charge in [0.25, 0.3) is 0 Å². The third kappa shape index (κ3) is 1.57. The van der Waals surface area contributed by atoms with Gasteiger partial charge in [0, 0.05) is 43.8 Å². The van der Waals surface area contributed by atoms with Crippen molar-refractivity contribution in [3.63, 3.8) is 0 Å². The molecule has 0 unspecified atom stereocenters. The second-order valence-electron chi connectivity index (χ2n) is 5.58. The van der Waals surface area contributed by atoms with Crippen molar-refractivity contribution < 1.29 is 0 Å². The monoisotopic (exact) mass is 220 g/mol. The molecule has 4 nitrogen and oxygen atoms in total. The fourth-order valence-electron chi connectivity index (χ4n) is 2.77. The molecule has 1 N–H and O–H groups in total. The summed E-state index contributed by atoms with van der Waals surface area (Å²) in [4.78, 5) is 2.57. The first-order chi connectivity index (χ1) is 7.69. The maximum atomic E-state index is 4.45. The van der Waals surface area contributed by atoms with Gasteiger partial charge in [-0.05, 0) is 19.9 Å². The molecule has 0 atom stereocenters. The van der Waals surface area contributed by atoms with E-state index in [1.165, 1.54) is 12.2 Å². The summed E-state index contributed by atoms with van der Waals surface area (Å²) in [6.07, 6.45) is 1.93. The van der Waals surface area contributed by atoms with Gasteiger partial charge in [-0.2, -0.15) is 5.10 Å². The second kappa shape index (κ2) is 3.57. The Morgan fingerprint density at radius 1 is 1.38 bits per heavy atom. The maximum absolute atomic E-state index is 4.45. The summed E-state index contributed by atoms with van der Waals surface area (Å²) in [5, 5.41) is 7.86. The fraction of sp³-hybridized carbons (Fsp3) is 0.750. The average molecular weight is 220 g/mol. The fourth-order valence-corrected chi connectivity index (χ4v) is 2.77. The van der Waals surface area contributed by atoms with E-state index >= 15 is 0 Å². The molecular formula is C12H20N4. The van der Waals surface area contributed by atoms with Crippen LogP contribution in [0.4, 0.5) is 0 Å². The van der Waals surface area contributed by atoms with Gasteiger partial charge in [-0.15, -0.1) is 0 Å². The minimum absolute atomic E-state index is 0.418. The SMILES string of the molecule is CC(C)N1Cc2ccnn2CC2(CNC2)C1. The smallest absolute Gasteiger partial charge is 0.0524 e. The first kappa shape index (κ1) is 10.3. The topological polar surface area (TPSA) is 33.1 Å². The Balaban J connectivity index is 1.92. The number of nitrogens with zero attached hydrogens (tertiary/aromatic N) is 3. The molecule has 4 heteroatoms. The molecule has 1 fully saturated rings. The predicted octanol–water partition coefficient (Wildman–Crippen LogP) is 0.697. The van der Waals surface area contributed by atoms with E-state index in [9.17, 15) is 0 Å². The number of hydrogen-bond donors (Lipinski definition) is 1. The summed E-state index contributed by atoms with van der Waals surface area (Å²) in [6, 6.07) is 2.76. The van der Waals surface area contributed by atoms with E-state index in [0.29, 0.717) is 11.5 Å². The highest BCUT2D eigenvalue weighted by atomic mass is 15.3. The first-order valence-electron chi connectivity index (χ1n) is 6.14. The van der Waals surface area contributed by atoms with Gasteiger partial charge in [-0.25, -0.2) is 0 Å². The zero-order valence-corrected chi connectivity index (χ0v) is 10.1. The van der Waals surface area contributed by atoms with Crippen LogP contribution in [0.25, 0.3) is 0 Å². The summed E-state index contributed by atoms with van der Waals surface area (Å²) in [5.74, 6) is 0. The molecule has 0 bridgehead atoms. The zero-order valence-electron chi connectivity index (χ0n) is 10.1. The van der Waals surface area contributed by atoms with Gasteiger partial charge >= 0.3 is 0 Å². The van der Waals surface area contributed by atoms with E-state index in [0.717, 1.165) is 26.2 Å². The third-order valence-electron chi connectivity index (χ3n) is 3.92. The Bertz CT molecular complexity index is 378. The number of rotatable bonds is 1. The zero-order chi connectivity index (χ0) is 11.2. The van der Waals surface area contributed by atoms with E-state index in [4.69, 9.17) is 0 Å². The summed E-state index contributed by atoms with van der Waals surface area (Å²) in [5.41, 5.74) is 1.78. The summed E-state index contributed by atoms with van der Waals surface area (Å²) in [7, 11) is 0. The van der Waals surface area contributed by atoms with Crippen molar-refractivity contribution in [2.75, 3.05) is 19.6 Å². The van der Waals surface area contributed by atoms with Crippen LogP contribution in [0.5, 0.6) is 0 Å². The van der Waals surface area contributed by atoms with Crippen molar-refractivity contribution in [3.8, 4) is 0 Å². The maximum Gasteiger partial charge on any atom is 0.0524 e. The third-order valence-corrected chi connectivity index (χ3v) is 3.92. The number of aromatic nitrogens is 2. The highest BCUT2D eigenvalue weighted by Gasteiger charge is 2.41. The molecule has 0 radical (unpaired) electrons. The van der Waals surface area contributed by atoms with Gasteiger partial charge in [0.05, 0.1) is 12.2 Å². The largest absolute Gasteiger partial charge is 0.315 e. The van der Waals surface area contributed by atoms with Gasteiger partial charge in [0.1, 0.15) is 0 Å². The van der Waals surface area contributed by atoms with Crippen molar-refractivity contribution in [2.24, 2.45) is 5.41 Å². The van der Waals surface area contributed by atoms with E-state index < -0.39 is 0 Å². The number of hydrogen-bond acceptors (Lipinski definition) is 3. The van der Waals surface area contributed by atoms with Crippen LogP contribution in [-0.2, 0) is 13.1 Å². The van der Waals surface area contributed by atoms with Crippen LogP contribution in [0.2, 0.25) is 0 Å². The minimum Gasteiger partial charge on any atom is -0.315 e. The molecule has 3 rings (SSSR count). The number of nitrogens with one attached hydrogen (secondary N) is 1. The Kier molecular flexibility index (Phi) is 2.30. The van der Waals surface area contributed by atoms with Crippen LogP contribution in [-0.4, -0.2) is 40.4 Å². The van der Waals surface area contributed by atoms with Crippen molar-refractivity contribution in [1.29, 1.82) is 0 Å². The molecule has 0 saturated carbocycles. The van der Waals surface area contributed by atoms with Gasteiger partial charge < -0.3 is 5.32 Å². The summed E-state index contributed by atoms with van der Waals surface area (Å²) < 4.78 is 2.20. The van der Waals surface area contributed by atoms with Crippen molar-refractivity contribution in [2.45, 2.75) is 33.0 Å². The normalized spacial score (nSPS) is 24.2. The lowest BCUT2D eigenvalue weighted by Gasteiger charge is -2.44. The van der Waals surface area contributed by atoms with Crippen LogP contribution < -0.4 is 5.32 Å². The molecule has 1 saturated heterocycles. The molecule has 3 heterocycles. The molecule has 0 aliphatic carbocycles. The van der Waals surface area contributed by atoms with E-state index in [1.54, 1.807) is 0 Å². The molecule has 16 heavy (non-hydrogen) atoms. The van der Waals surface area contributed by atoms with Crippen LogP contribution in [0.3, 0.4) is 0 Å².